The Morgan fingerprint density at radius 3 is 2.92 bits per heavy atom. The van der Waals surface area contributed by atoms with Crippen molar-refractivity contribution < 1.29 is 23.9 Å². The number of benzene rings is 1. The van der Waals surface area contributed by atoms with Gasteiger partial charge in [0.25, 0.3) is 5.91 Å². The first kappa shape index (κ1) is 17.8. The van der Waals surface area contributed by atoms with Gasteiger partial charge in [-0.1, -0.05) is 33.6 Å². The highest BCUT2D eigenvalue weighted by molar-refractivity contribution is 9.09. The van der Waals surface area contributed by atoms with Crippen molar-refractivity contribution in [2.24, 2.45) is 23.7 Å². The number of amides is 1. The first-order valence-corrected chi connectivity index (χ1v) is 9.73. The van der Waals surface area contributed by atoms with Crippen LogP contribution in [0, 0.1) is 30.6 Å². The lowest BCUT2D eigenvalue weighted by molar-refractivity contribution is -0.157. The summed E-state index contributed by atoms with van der Waals surface area (Å²) in [6, 6.07) is 5.15. The molecule has 2 bridgehead atoms. The van der Waals surface area contributed by atoms with E-state index in [1.165, 1.54) is 0 Å². The number of fused-ring (bicyclic) bond motifs is 1. The molecule has 2 aliphatic carbocycles. The van der Waals surface area contributed by atoms with Crippen LogP contribution in [0.5, 0.6) is 0 Å². The van der Waals surface area contributed by atoms with E-state index >= 15 is 0 Å². The fraction of sp³-hybridized carbons (Fsp3) is 0.500. The first-order chi connectivity index (χ1) is 12.4. The van der Waals surface area contributed by atoms with E-state index in [9.17, 15) is 14.4 Å². The highest BCUT2D eigenvalue weighted by atomic mass is 79.9. The summed E-state index contributed by atoms with van der Waals surface area (Å²) in [6.45, 7) is 1.43. The number of rotatable bonds is 4. The van der Waals surface area contributed by atoms with E-state index in [-0.39, 0.29) is 28.7 Å². The van der Waals surface area contributed by atoms with Crippen molar-refractivity contribution in [3.05, 3.63) is 28.8 Å². The second-order valence-corrected chi connectivity index (χ2v) is 8.57. The van der Waals surface area contributed by atoms with Crippen LogP contribution in [0.1, 0.15) is 12.0 Å². The SMILES string of the molecule is Cc1ccc(Cl)cc1NC(=O)COC(=O)[C@@H]1[C@H]2C[C@H]3[C@H](OC(=O)[C@H]31)[C@H]2Br. The van der Waals surface area contributed by atoms with E-state index in [0.717, 1.165) is 12.0 Å². The molecule has 1 N–H and O–H groups in total. The van der Waals surface area contributed by atoms with Crippen molar-refractivity contribution in [1.29, 1.82) is 0 Å². The molecule has 1 aromatic rings. The van der Waals surface area contributed by atoms with Crippen LogP contribution in [0.15, 0.2) is 18.2 Å². The molecular formula is C18H17BrClNO5. The van der Waals surface area contributed by atoms with Crippen LogP contribution in [-0.4, -0.2) is 35.4 Å². The van der Waals surface area contributed by atoms with E-state index < -0.39 is 30.3 Å². The Balaban J connectivity index is 1.38. The molecule has 0 aromatic heterocycles. The summed E-state index contributed by atoms with van der Waals surface area (Å²) in [6.07, 6.45) is 0.626. The number of carbonyl (C=O) groups excluding carboxylic acids is 3. The van der Waals surface area contributed by atoms with E-state index in [4.69, 9.17) is 21.1 Å². The minimum absolute atomic E-state index is 0.00665. The molecule has 26 heavy (non-hydrogen) atoms. The van der Waals surface area contributed by atoms with Gasteiger partial charge in [0.05, 0.1) is 16.7 Å². The fourth-order valence-electron chi connectivity index (χ4n) is 4.44. The number of halogens is 2. The predicted molar refractivity (Wildman–Crippen MR) is 96.9 cm³/mol. The van der Waals surface area contributed by atoms with Gasteiger partial charge in [-0.3, -0.25) is 14.4 Å². The molecule has 2 saturated carbocycles. The van der Waals surface area contributed by atoms with Crippen LogP contribution in [0.3, 0.4) is 0 Å². The molecule has 1 aromatic carbocycles. The Hall–Kier alpha value is -1.60. The smallest absolute Gasteiger partial charge is 0.310 e. The molecule has 0 unspecified atom stereocenters. The van der Waals surface area contributed by atoms with Gasteiger partial charge in [0.2, 0.25) is 0 Å². The van der Waals surface area contributed by atoms with Gasteiger partial charge < -0.3 is 14.8 Å². The summed E-state index contributed by atoms with van der Waals surface area (Å²) in [7, 11) is 0. The number of aryl methyl sites for hydroxylation is 1. The van der Waals surface area contributed by atoms with E-state index in [2.05, 4.69) is 21.2 Å². The number of hydrogen-bond donors (Lipinski definition) is 1. The molecule has 6 nitrogen and oxygen atoms in total. The van der Waals surface area contributed by atoms with Gasteiger partial charge in [-0.25, -0.2) is 0 Å². The molecule has 8 heteroatoms. The van der Waals surface area contributed by atoms with Crippen LogP contribution in [0.25, 0.3) is 0 Å². The van der Waals surface area contributed by atoms with Gasteiger partial charge in [0.15, 0.2) is 6.61 Å². The fourth-order valence-corrected chi connectivity index (χ4v) is 5.66. The van der Waals surface area contributed by atoms with Gasteiger partial charge >= 0.3 is 11.9 Å². The van der Waals surface area contributed by atoms with E-state index in [0.29, 0.717) is 10.7 Å². The van der Waals surface area contributed by atoms with Crippen LogP contribution >= 0.6 is 27.5 Å². The van der Waals surface area contributed by atoms with Gasteiger partial charge in [0, 0.05) is 16.6 Å². The minimum Gasteiger partial charge on any atom is -0.461 e. The lowest BCUT2D eigenvalue weighted by Gasteiger charge is -2.26. The monoisotopic (exact) mass is 441 g/mol. The number of carbonyl (C=O) groups is 3. The third kappa shape index (κ3) is 2.81. The van der Waals surface area contributed by atoms with Crippen LogP contribution in [-0.2, 0) is 23.9 Å². The molecule has 6 atom stereocenters. The standard InChI is InChI=1S/C18H17BrClNO5/c1-7-2-3-8(20)4-11(7)21-12(22)6-25-17(23)13-9-5-10-14(13)18(24)26-16(10)15(9)19/h2-4,9-10,13-16H,5-6H2,1H3,(H,21,22)/t9-,10-,13-,14-,15+,16+/m1/s1. The summed E-state index contributed by atoms with van der Waals surface area (Å²) in [5.74, 6) is -2.20. The van der Waals surface area contributed by atoms with Crippen molar-refractivity contribution in [2.75, 3.05) is 11.9 Å². The number of nitrogens with one attached hydrogen (secondary N) is 1. The summed E-state index contributed by atoms with van der Waals surface area (Å²) in [4.78, 5) is 36.7. The normalized spacial score (nSPS) is 33.9. The number of alkyl halides is 1. The maximum absolute atomic E-state index is 12.5. The van der Waals surface area contributed by atoms with Gasteiger partial charge in [0.1, 0.15) is 6.10 Å². The zero-order valence-corrected chi connectivity index (χ0v) is 16.2. The number of esters is 2. The summed E-state index contributed by atoms with van der Waals surface area (Å²) in [5.41, 5.74) is 1.42. The molecule has 4 rings (SSSR count). The average Bonchev–Trinajstić information content (AvgIpc) is 3.20. The lowest BCUT2D eigenvalue weighted by Crippen LogP contribution is -2.39. The molecule has 1 amide bonds. The third-order valence-electron chi connectivity index (χ3n) is 5.61. The summed E-state index contributed by atoms with van der Waals surface area (Å²) < 4.78 is 10.6. The second-order valence-electron chi connectivity index (χ2n) is 7.08. The Morgan fingerprint density at radius 2 is 2.15 bits per heavy atom. The van der Waals surface area contributed by atoms with Crippen LogP contribution in [0.4, 0.5) is 5.69 Å². The minimum atomic E-state index is -0.545. The van der Waals surface area contributed by atoms with E-state index in [1.54, 1.807) is 18.2 Å². The summed E-state index contributed by atoms with van der Waals surface area (Å²) >= 11 is 9.48. The molecule has 0 spiro atoms. The van der Waals surface area contributed by atoms with E-state index in [1.807, 2.05) is 6.92 Å². The van der Waals surface area contributed by atoms with Crippen molar-refractivity contribution in [2.45, 2.75) is 24.3 Å². The Bertz CT molecular complexity index is 800. The maximum atomic E-state index is 12.5. The highest BCUT2D eigenvalue weighted by Gasteiger charge is 2.68. The van der Waals surface area contributed by atoms with Crippen molar-refractivity contribution in [3.63, 3.8) is 0 Å². The van der Waals surface area contributed by atoms with Crippen molar-refractivity contribution in [1.82, 2.24) is 0 Å². The quantitative estimate of drug-likeness (QED) is 0.573. The molecule has 0 radical (unpaired) electrons. The topological polar surface area (TPSA) is 81.7 Å². The molecule has 1 aliphatic heterocycles. The Morgan fingerprint density at radius 1 is 1.38 bits per heavy atom. The van der Waals surface area contributed by atoms with Gasteiger partial charge in [-0.15, -0.1) is 0 Å². The molecule has 1 heterocycles. The third-order valence-corrected chi connectivity index (χ3v) is 7.05. The largest absolute Gasteiger partial charge is 0.461 e. The van der Waals surface area contributed by atoms with Gasteiger partial charge in [-0.05, 0) is 37.0 Å². The molecule has 3 aliphatic rings. The Labute approximate surface area is 163 Å². The van der Waals surface area contributed by atoms with Crippen molar-refractivity contribution >= 4 is 51.1 Å². The predicted octanol–water partition coefficient (Wildman–Crippen LogP) is 2.70. The van der Waals surface area contributed by atoms with Gasteiger partial charge in [-0.2, -0.15) is 0 Å². The Kier molecular flexibility index (Phi) is 4.47. The molecule has 3 fully saturated rings. The lowest BCUT2D eigenvalue weighted by atomic mass is 9.80. The summed E-state index contributed by atoms with van der Waals surface area (Å²) in [5, 5.41) is 3.18. The van der Waals surface area contributed by atoms with Crippen LogP contribution < -0.4 is 5.32 Å². The maximum Gasteiger partial charge on any atom is 0.310 e. The van der Waals surface area contributed by atoms with Crippen molar-refractivity contribution in [3.8, 4) is 0 Å². The number of anilines is 1. The molecular weight excluding hydrogens is 426 g/mol. The first-order valence-electron chi connectivity index (χ1n) is 8.44. The number of ether oxygens (including phenoxy) is 2. The highest BCUT2D eigenvalue weighted by Crippen LogP contribution is 2.60. The van der Waals surface area contributed by atoms with Crippen LogP contribution in [0.2, 0.25) is 5.02 Å². The molecule has 138 valence electrons. The average molecular weight is 443 g/mol. The number of hydrogen-bond acceptors (Lipinski definition) is 5. The molecule has 1 saturated heterocycles. The second kappa shape index (κ2) is 6.53. The zero-order chi connectivity index (χ0) is 18.6. The zero-order valence-electron chi connectivity index (χ0n) is 13.9.